The lowest BCUT2D eigenvalue weighted by Crippen LogP contribution is -2.34. The van der Waals surface area contributed by atoms with Crippen molar-refractivity contribution in [3.8, 4) is 0 Å². The van der Waals surface area contributed by atoms with E-state index in [-0.39, 0.29) is 11.0 Å². The molecule has 1 rings (SSSR count). The molecule has 0 bridgehead atoms. The Morgan fingerprint density at radius 2 is 2.05 bits per heavy atom. The van der Waals surface area contributed by atoms with Crippen molar-refractivity contribution in [1.82, 2.24) is 15.8 Å². The van der Waals surface area contributed by atoms with Gasteiger partial charge in [-0.3, -0.25) is 5.43 Å². The molecule has 6 nitrogen and oxygen atoms in total. The second kappa shape index (κ2) is 6.02. The molecule has 2 N–H and O–H groups in total. The average Bonchev–Trinajstić information content (AvgIpc) is 2.32. The predicted octanol–water partition coefficient (Wildman–Crippen LogP) is 1.94. The van der Waals surface area contributed by atoms with Gasteiger partial charge in [-0.2, -0.15) is 13.2 Å². The number of halogens is 4. The molecular weight excluding hydrogens is 289 g/mol. The summed E-state index contributed by atoms with van der Waals surface area (Å²) in [5, 5.41) is 7.41. The number of anilines is 1. The zero-order chi connectivity index (χ0) is 14.6. The van der Waals surface area contributed by atoms with E-state index < -0.39 is 12.1 Å². The number of aromatic nitrogens is 2. The minimum Gasteiger partial charge on any atom is -0.343 e. The Bertz CT molecular complexity index is 481. The summed E-state index contributed by atoms with van der Waals surface area (Å²) in [4.78, 5) is 14.2. The normalized spacial score (nSPS) is 11.3. The van der Waals surface area contributed by atoms with Crippen molar-refractivity contribution in [2.24, 2.45) is 0 Å². The molecule has 0 radical (unpaired) electrons. The van der Waals surface area contributed by atoms with Crippen LogP contribution in [0.15, 0.2) is 0 Å². The van der Waals surface area contributed by atoms with Gasteiger partial charge in [0, 0.05) is 5.56 Å². The van der Waals surface area contributed by atoms with Crippen LogP contribution >= 0.6 is 11.6 Å². The first-order valence-electron chi connectivity index (χ1n) is 5.08. The molecule has 10 heteroatoms. The standard InChI is InChI=1S/C9H10ClF3N4O2/c1-3-5-4(2)6(10)14-15-7(5)16-17-19-8(18)9(11,12)13/h17H,3H2,1-2H3,(H,15,16). The topological polar surface area (TPSA) is 76.1 Å². The highest BCUT2D eigenvalue weighted by Gasteiger charge is 2.41. The van der Waals surface area contributed by atoms with Gasteiger partial charge >= 0.3 is 12.1 Å². The summed E-state index contributed by atoms with van der Waals surface area (Å²) in [6.07, 6.45) is -4.57. The summed E-state index contributed by atoms with van der Waals surface area (Å²) in [5.41, 5.74) is 5.14. The van der Waals surface area contributed by atoms with E-state index in [1.807, 2.05) is 0 Å². The van der Waals surface area contributed by atoms with E-state index in [2.05, 4.69) is 20.5 Å². The Morgan fingerprint density at radius 1 is 1.42 bits per heavy atom. The monoisotopic (exact) mass is 298 g/mol. The smallest absolute Gasteiger partial charge is 0.343 e. The first-order valence-corrected chi connectivity index (χ1v) is 5.45. The summed E-state index contributed by atoms with van der Waals surface area (Å²) in [5.74, 6) is -2.25. The number of rotatable bonds is 4. The molecule has 0 aliphatic heterocycles. The lowest BCUT2D eigenvalue weighted by Gasteiger charge is -2.13. The van der Waals surface area contributed by atoms with E-state index in [4.69, 9.17) is 11.6 Å². The van der Waals surface area contributed by atoms with Gasteiger partial charge in [-0.15, -0.1) is 10.2 Å². The SMILES string of the molecule is CCc1c(NNOC(=O)C(F)(F)F)nnc(Cl)c1C. The fourth-order valence-corrected chi connectivity index (χ4v) is 1.39. The Morgan fingerprint density at radius 3 is 2.58 bits per heavy atom. The number of carbonyl (C=O) groups excluding carboxylic acids is 1. The first kappa shape index (κ1) is 15.4. The maximum atomic E-state index is 11.8. The van der Waals surface area contributed by atoms with E-state index in [1.54, 1.807) is 19.4 Å². The minimum absolute atomic E-state index is 0.124. The Balaban J connectivity index is 2.69. The molecule has 0 spiro atoms. The van der Waals surface area contributed by atoms with Gasteiger partial charge in [-0.05, 0) is 18.9 Å². The van der Waals surface area contributed by atoms with E-state index >= 15 is 0 Å². The lowest BCUT2D eigenvalue weighted by molar-refractivity contribution is -0.205. The van der Waals surface area contributed by atoms with Crippen LogP contribution < -0.4 is 11.0 Å². The highest BCUT2D eigenvalue weighted by Crippen LogP contribution is 2.22. The minimum atomic E-state index is -5.08. The highest BCUT2D eigenvalue weighted by molar-refractivity contribution is 6.30. The maximum absolute atomic E-state index is 11.8. The predicted molar refractivity (Wildman–Crippen MR) is 60.1 cm³/mol. The second-order valence-corrected chi connectivity index (χ2v) is 3.77. The van der Waals surface area contributed by atoms with Gasteiger partial charge in [0.15, 0.2) is 11.0 Å². The third-order valence-electron chi connectivity index (χ3n) is 2.18. The van der Waals surface area contributed by atoms with Crippen molar-refractivity contribution >= 4 is 23.4 Å². The molecule has 0 amide bonds. The van der Waals surface area contributed by atoms with Crippen LogP contribution in [-0.2, 0) is 16.1 Å². The van der Waals surface area contributed by atoms with Gasteiger partial charge < -0.3 is 4.84 Å². The number of alkyl halides is 3. The summed E-state index contributed by atoms with van der Waals surface area (Å²) in [6.45, 7) is 3.48. The van der Waals surface area contributed by atoms with E-state index in [1.165, 1.54) is 0 Å². The van der Waals surface area contributed by atoms with Crippen LogP contribution in [0.25, 0.3) is 0 Å². The van der Waals surface area contributed by atoms with Crippen LogP contribution in [0, 0.1) is 6.92 Å². The van der Waals surface area contributed by atoms with Crippen LogP contribution in [0.4, 0.5) is 19.0 Å². The molecule has 106 valence electrons. The number of hydrazine groups is 1. The summed E-state index contributed by atoms with van der Waals surface area (Å²) >= 11 is 5.75. The quantitative estimate of drug-likeness (QED) is 0.827. The number of nitrogens with zero attached hydrogens (tertiary/aromatic N) is 2. The Hall–Kier alpha value is -1.61. The van der Waals surface area contributed by atoms with Gasteiger partial charge in [0.1, 0.15) is 0 Å². The van der Waals surface area contributed by atoms with E-state index in [0.29, 0.717) is 17.5 Å². The molecule has 0 saturated carbocycles. The van der Waals surface area contributed by atoms with E-state index in [0.717, 1.165) is 0 Å². The lowest BCUT2D eigenvalue weighted by atomic mass is 10.1. The van der Waals surface area contributed by atoms with Crippen molar-refractivity contribution in [2.45, 2.75) is 26.4 Å². The zero-order valence-corrected chi connectivity index (χ0v) is 10.7. The van der Waals surface area contributed by atoms with Crippen molar-refractivity contribution in [3.63, 3.8) is 0 Å². The van der Waals surface area contributed by atoms with Crippen LogP contribution in [-0.4, -0.2) is 22.3 Å². The summed E-state index contributed by atoms with van der Waals surface area (Å²) in [7, 11) is 0. The third-order valence-corrected chi connectivity index (χ3v) is 2.54. The molecule has 1 aromatic rings. The molecular formula is C9H10ClF3N4O2. The van der Waals surface area contributed by atoms with Crippen LogP contribution in [0.2, 0.25) is 5.15 Å². The molecule has 1 aromatic heterocycles. The van der Waals surface area contributed by atoms with Gasteiger partial charge in [-0.25, -0.2) is 4.79 Å². The molecule has 0 unspecified atom stereocenters. The van der Waals surface area contributed by atoms with Crippen LogP contribution in [0.3, 0.4) is 0 Å². The third kappa shape index (κ3) is 3.93. The Kier molecular flexibility index (Phi) is 4.90. The van der Waals surface area contributed by atoms with Gasteiger partial charge in [0.2, 0.25) is 0 Å². The molecule has 1 heterocycles. The fourth-order valence-electron chi connectivity index (χ4n) is 1.24. The van der Waals surface area contributed by atoms with Crippen molar-refractivity contribution in [3.05, 3.63) is 16.3 Å². The highest BCUT2D eigenvalue weighted by atomic mass is 35.5. The zero-order valence-electron chi connectivity index (χ0n) is 9.93. The summed E-state index contributed by atoms with van der Waals surface area (Å²) < 4.78 is 35.5. The number of hydrogen-bond donors (Lipinski definition) is 2. The van der Waals surface area contributed by atoms with Crippen molar-refractivity contribution < 1.29 is 22.8 Å². The van der Waals surface area contributed by atoms with Gasteiger partial charge in [0.05, 0.1) is 0 Å². The molecule has 0 aliphatic carbocycles. The number of nitrogens with one attached hydrogen (secondary N) is 2. The van der Waals surface area contributed by atoms with Crippen LogP contribution in [0.1, 0.15) is 18.1 Å². The maximum Gasteiger partial charge on any atom is 0.492 e. The molecule has 19 heavy (non-hydrogen) atoms. The second-order valence-electron chi connectivity index (χ2n) is 3.41. The number of carbonyl (C=O) groups is 1. The molecule has 0 saturated heterocycles. The van der Waals surface area contributed by atoms with Gasteiger partial charge in [-0.1, -0.05) is 24.1 Å². The first-order chi connectivity index (χ1) is 8.77. The fraction of sp³-hybridized carbons (Fsp3) is 0.444. The molecule has 0 aliphatic rings. The average molecular weight is 299 g/mol. The van der Waals surface area contributed by atoms with E-state index in [9.17, 15) is 18.0 Å². The summed E-state index contributed by atoms with van der Waals surface area (Å²) in [6, 6.07) is 0. The number of hydrogen-bond acceptors (Lipinski definition) is 6. The van der Waals surface area contributed by atoms with Crippen LogP contribution in [0.5, 0.6) is 0 Å². The van der Waals surface area contributed by atoms with Crippen molar-refractivity contribution in [1.29, 1.82) is 0 Å². The largest absolute Gasteiger partial charge is 0.492 e. The molecule has 0 aromatic carbocycles. The molecule has 0 fully saturated rings. The van der Waals surface area contributed by atoms with Crippen molar-refractivity contribution in [2.75, 3.05) is 5.43 Å². The Labute approximate surface area is 111 Å². The van der Waals surface area contributed by atoms with Gasteiger partial charge in [0.25, 0.3) is 0 Å². The molecule has 0 atom stereocenters.